The van der Waals surface area contributed by atoms with Crippen molar-refractivity contribution in [1.82, 2.24) is 5.32 Å². The number of benzene rings is 2. The smallest absolute Gasteiger partial charge is 0.224 e. The number of ether oxygens (including phenoxy) is 3. The summed E-state index contributed by atoms with van der Waals surface area (Å²) in [5, 5.41) is 2.95. The van der Waals surface area contributed by atoms with Crippen molar-refractivity contribution in [2.75, 3.05) is 21.3 Å². The zero-order valence-corrected chi connectivity index (χ0v) is 15.0. The Morgan fingerprint density at radius 1 is 1.08 bits per heavy atom. The quantitative estimate of drug-likeness (QED) is 0.824. The highest BCUT2D eigenvalue weighted by molar-refractivity contribution is 5.83. The molecule has 2 unspecified atom stereocenters. The van der Waals surface area contributed by atoms with Crippen LogP contribution in [0.15, 0.2) is 36.4 Å². The highest BCUT2D eigenvalue weighted by atomic mass is 19.1. The third-order valence-corrected chi connectivity index (χ3v) is 4.68. The van der Waals surface area contributed by atoms with Crippen LogP contribution < -0.4 is 19.5 Å². The van der Waals surface area contributed by atoms with Crippen LogP contribution in [0.3, 0.4) is 0 Å². The summed E-state index contributed by atoms with van der Waals surface area (Å²) in [6.45, 7) is 0.293. The molecule has 6 heteroatoms. The molecule has 1 amide bonds. The average molecular weight is 359 g/mol. The fourth-order valence-electron chi connectivity index (χ4n) is 3.12. The molecule has 2 aromatic carbocycles. The number of nitrogens with one attached hydrogen (secondary N) is 1. The number of amides is 1. The molecule has 0 bridgehead atoms. The van der Waals surface area contributed by atoms with Crippen LogP contribution in [0.25, 0.3) is 0 Å². The van der Waals surface area contributed by atoms with E-state index in [-0.39, 0.29) is 23.6 Å². The van der Waals surface area contributed by atoms with Gasteiger partial charge in [-0.05, 0) is 30.0 Å². The van der Waals surface area contributed by atoms with Crippen LogP contribution in [0, 0.1) is 11.7 Å². The van der Waals surface area contributed by atoms with Crippen molar-refractivity contribution in [1.29, 1.82) is 0 Å². The first-order chi connectivity index (χ1) is 12.6. The third kappa shape index (κ3) is 3.74. The molecule has 5 nitrogen and oxygen atoms in total. The summed E-state index contributed by atoms with van der Waals surface area (Å²) < 4.78 is 29.0. The van der Waals surface area contributed by atoms with Crippen LogP contribution >= 0.6 is 0 Å². The molecular formula is C20H22FNO4. The van der Waals surface area contributed by atoms with Gasteiger partial charge in [-0.3, -0.25) is 4.79 Å². The first-order valence-corrected chi connectivity index (χ1v) is 8.39. The molecular weight excluding hydrogens is 337 g/mol. The lowest BCUT2D eigenvalue weighted by Gasteiger charge is -2.15. The number of rotatable bonds is 7. The average Bonchev–Trinajstić information content (AvgIpc) is 3.46. The summed E-state index contributed by atoms with van der Waals surface area (Å²) in [6.07, 6.45) is 0.772. The van der Waals surface area contributed by atoms with Gasteiger partial charge in [-0.2, -0.15) is 0 Å². The van der Waals surface area contributed by atoms with Crippen molar-refractivity contribution in [3.63, 3.8) is 0 Å². The lowest BCUT2D eigenvalue weighted by Crippen LogP contribution is -2.25. The number of hydrogen-bond acceptors (Lipinski definition) is 4. The SMILES string of the molecule is COc1cc(OC)c(CNC(=O)C2CC2c2ccc(F)cc2)c(OC)c1. The zero-order valence-electron chi connectivity index (χ0n) is 15.0. The topological polar surface area (TPSA) is 56.8 Å². The van der Waals surface area contributed by atoms with Crippen LogP contribution in [0.4, 0.5) is 4.39 Å². The molecule has 0 radical (unpaired) electrons. The predicted octanol–water partition coefficient (Wildman–Crippen LogP) is 3.27. The van der Waals surface area contributed by atoms with Gasteiger partial charge < -0.3 is 19.5 Å². The number of carbonyl (C=O) groups excluding carboxylic acids is 1. The maximum absolute atomic E-state index is 13.0. The van der Waals surface area contributed by atoms with Crippen molar-refractivity contribution < 1.29 is 23.4 Å². The summed E-state index contributed by atoms with van der Waals surface area (Å²) in [6, 6.07) is 9.84. The summed E-state index contributed by atoms with van der Waals surface area (Å²) in [5.41, 5.74) is 1.74. The second-order valence-electron chi connectivity index (χ2n) is 6.23. The highest BCUT2D eigenvalue weighted by Gasteiger charge is 2.43. The molecule has 26 heavy (non-hydrogen) atoms. The van der Waals surface area contributed by atoms with Crippen LogP contribution in [-0.4, -0.2) is 27.2 Å². The molecule has 1 saturated carbocycles. The van der Waals surface area contributed by atoms with Gasteiger partial charge in [0.15, 0.2) is 0 Å². The maximum Gasteiger partial charge on any atom is 0.224 e. The Labute approximate surface area is 152 Å². The van der Waals surface area contributed by atoms with Gasteiger partial charge in [0.1, 0.15) is 23.1 Å². The second-order valence-corrected chi connectivity index (χ2v) is 6.23. The molecule has 3 rings (SSSR count). The molecule has 1 aliphatic carbocycles. The Bertz CT molecular complexity index is 766. The third-order valence-electron chi connectivity index (χ3n) is 4.68. The number of halogens is 1. The van der Waals surface area contributed by atoms with Crippen LogP contribution in [0.5, 0.6) is 17.2 Å². The van der Waals surface area contributed by atoms with E-state index >= 15 is 0 Å². The van der Waals surface area contributed by atoms with E-state index in [1.54, 1.807) is 45.6 Å². The van der Waals surface area contributed by atoms with Gasteiger partial charge in [-0.15, -0.1) is 0 Å². The van der Waals surface area contributed by atoms with E-state index in [0.717, 1.165) is 17.5 Å². The first-order valence-electron chi connectivity index (χ1n) is 8.39. The minimum absolute atomic E-state index is 0.0285. The van der Waals surface area contributed by atoms with Gasteiger partial charge in [-0.1, -0.05) is 12.1 Å². The minimum atomic E-state index is -0.269. The summed E-state index contributed by atoms with van der Waals surface area (Å²) in [5.74, 6) is 1.56. The predicted molar refractivity (Wildman–Crippen MR) is 95.2 cm³/mol. The Hall–Kier alpha value is -2.76. The standard InChI is InChI=1S/C20H22FNO4/c1-24-14-8-18(25-2)17(19(9-14)26-3)11-22-20(23)16-10-15(16)12-4-6-13(21)7-5-12/h4-9,15-16H,10-11H2,1-3H3,(H,22,23). The fraction of sp³-hybridized carbons (Fsp3) is 0.350. The van der Waals surface area contributed by atoms with E-state index in [1.807, 2.05) is 0 Å². The maximum atomic E-state index is 13.0. The van der Waals surface area contributed by atoms with Gasteiger partial charge in [-0.25, -0.2) is 4.39 Å². The van der Waals surface area contributed by atoms with Crippen molar-refractivity contribution in [3.8, 4) is 17.2 Å². The Kier molecular flexibility index (Phi) is 5.30. The van der Waals surface area contributed by atoms with Crippen LogP contribution in [0.2, 0.25) is 0 Å². The largest absolute Gasteiger partial charge is 0.496 e. The van der Waals surface area contributed by atoms with Crippen molar-refractivity contribution >= 4 is 5.91 Å². The number of carbonyl (C=O) groups is 1. The van der Waals surface area contributed by atoms with E-state index in [0.29, 0.717) is 23.8 Å². The number of methoxy groups -OCH3 is 3. The van der Waals surface area contributed by atoms with E-state index in [4.69, 9.17) is 14.2 Å². The van der Waals surface area contributed by atoms with Crippen LogP contribution in [0.1, 0.15) is 23.5 Å². The van der Waals surface area contributed by atoms with Gasteiger partial charge in [0, 0.05) is 18.1 Å². The van der Waals surface area contributed by atoms with Crippen molar-refractivity contribution in [3.05, 3.63) is 53.3 Å². The highest BCUT2D eigenvalue weighted by Crippen LogP contribution is 2.47. The van der Waals surface area contributed by atoms with Gasteiger partial charge in [0.2, 0.25) is 5.91 Å². The lowest BCUT2D eigenvalue weighted by molar-refractivity contribution is -0.122. The zero-order chi connectivity index (χ0) is 18.7. The van der Waals surface area contributed by atoms with Gasteiger partial charge in [0.25, 0.3) is 0 Å². The summed E-state index contributed by atoms with van der Waals surface area (Å²) in [4.78, 5) is 12.5. The van der Waals surface area contributed by atoms with E-state index in [1.165, 1.54) is 12.1 Å². The summed E-state index contributed by atoms with van der Waals surface area (Å²) in [7, 11) is 4.69. The molecule has 0 spiro atoms. The molecule has 1 fully saturated rings. The molecule has 0 heterocycles. The van der Waals surface area contributed by atoms with E-state index < -0.39 is 0 Å². The Morgan fingerprint density at radius 3 is 2.23 bits per heavy atom. The Balaban J connectivity index is 1.66. The fourth-order valence-corrected chi connectivity index (χ4v) is 3.12. The molecule has 2 atom stereocenters. The molecule has 1 aliphatic rings. The van der Waals surface area contributed by atoms with Gasteiger partial charge in [0.05, 0.1) is 33.4 Å². The molecule has 0 aromatic heterocycles. The summed E-state index contributed by atoms with van der Waals surface area (Å²) >= 11 is 0. The monoisotopic (exact) mass is 359 g/mol. The molecule has 2 aromatic rings. The normalized spacial score (nSPS) is 18.2. The number of hydrogen-bond donors (Lipinski definition) is 1. The lowest BCUT2D eigenvalue weighted by atomic mass is 10.1. The van der Waals surface area contributed by atoms with Gasteiger partial charge >= 0.3 is 0 Å². The second kappa shape index (κ2) is 7.64. The van der Waals surface area contributed by atoms with Crippen molar-refractivity contribution in [2.45, 2.75) is 18.9 Å². The molecule has 138 valence electrons. The van der Waals surface area contributed by atoms with Crippen molar-refractivity contribution in [2.24, 2.45) is 5.92 Å². The van der Waals surface area contributed by atoms with Crippen LogP contribution in [-0.2, 0) is 11.3 Å². The molecule has 0 saturated heterocycles. The molecule has 0 aliphatic heterocycles. The Morgan fingerprint density at radius 2 is 1.69 bits per heavy atom. The molecule has 1 N–H and O–H groups in total. The first kappa shape index (κ1) is 18.0. The minimum Gasteiger partial charge on any atom is -0.496 e. The van der Waals surface area contributed by atoms with E-state index in [2.05, 4.69) is 5.32 Å². The van der Waals surface area contributed by atoms with E-state index in [9.17, 15) is 9.18 Å².